The van der Waals surface area contributed by atoms with Gasteiger partial charge in [-0.2, -0.15) is 0 Å². The molecule has 2 unspecified atom stereocenters. The molecule has 0 spiro atoms. The van der Waals surface area contributed by atoms with Crippen molar-refractivity contribution in [2.24, 2.45) is 11.8 Å². The maximum Gasteiger partial charge on any atom is 0.308 e. The zero-order chi connectivity index (χ0) is 20.0. The van der Waals surface area contributed by atoms with Crippen molar-refractivity contribution in [1.29, 1.82) is 0 Å². The van der Waals surface area contributed by atoms with Crippen LogP contribution >= 0.6 is 0 Å². The maximum absolute atomic E-state index is 12.4. The third-order valence-electron chi connectivity index (χ3n) is 4.45. The maximum atomic E-state index is 12.4. The van der Waals surface area contributed by atoms with Gasteiger partial charge in [0.25, 0.3) is 0 Å². The van der Waals surface area contributed by atoms with Crippen LogP contribution in [0.1, 0.15) is 26.3 Å². The van der Waals surface area contributed by atoms with Gasteiger partial charge >= 0.3 is 5.97 Å². The first kappa shape index (κ1) is 20.4. The Morgan fingerprint density at radius 1 is 1.00 bits per heavy atom. The molecule has 0 aliphatic heterocycles. The number of carboxylic acids is 1. The summed E-state index contributed by atoms with van der Waals surface area (Å²) in [5.41, 5.74) is 0.869. The predicted octanol–water partition coefficient (Wildman–Crippen LogP) is 2.36. The van der Waals surface area contributed by atoms with Gasteiger partial charge in [0.05, 0.1) is 12.3 Å². The summed E-state index contributed by atoms with van der Waals surface area (Å²) in [5.74, 6) is -2.40. The Bertz CT molecular complexity index is 832. The summed E-state index contributed by atoms with van der Waals surface area (Å²) in [6, 6.07) is 13.0. The van der Waals surface area contributed by atoms with Crippen LogP contribution in [0.15, 0.2) is 42.5 Å². The van der Waals surface area contributed by atoms with E-state index in [9.17, 15) is 14.4 Å². The average Bonchev–Trinajstić information content (AvgIpc) is 2.63. The number of carboxylic acid groups (broad SMARTS) is 1. The highest BCUT2D eigenvalue weighted by molar-refractivity contribution is 5.90. The average molecular weight is 370 g/mol. The van der Waals surface area contributed by atoms with E-state index >= 15 is 0 Å². The molecule has 2 aromatic rings. The standard InChI is InChI=1S/C21H26N2O4/c1-13(2)19(20(25)22-12-14(3)21(26)27)23-18(24)11-15-8-9-16-6-4-5-7-17(16)10-15/h4-10,13-14,19H,11-12H2,1-3H3,(H,22,25)(H,23,24)(H,26,27). The largest absolute Gasteiger partial charge is 0.481 e. The van der Waals surface area contributed by atoms with E-state index in [-0.39, 0.29) is 30.7 Å². The molecule has 0 fully saturated rings. The van der Waals surface area contributed by atoms with Gasteiger partial charge in [0.2, 0.25) is 11.8 Å². The van der Waals surface area contributed by atoms with Gasteiger partial charge in [-0.1, -0.05) is 63.2 Å². The van der Waals surface area contributed by atoms with E-state index in [0.717, 1.165) is 16.3 Å². The molecule has 0 radical (unpaired) electrons. The Morgan fingerprint density at radius 3 is 2.30 bits per heavy atom. The van der Waals surface area contributed by atoms with Crippen molar-refractivity contribution in [1.82, 2.24) is 10.6 Å². The Kier molecular flexibility index (Phi) is 6.93. The van der Waals surface area contributed by atoms with Crippen molar-refractivity contribution in [3.05, 3.63) is 48.0 Å². The Morgan fingerprint density at radius 2 is 1.67 bits per heavy atom. The first-order chi connectivity index (χ1) is 12.8. The highest BCUT2D eigenvalue weighted by atomic mass is 16.4. The van der Waals surface area contributed by atoms with Crippen LogP contribution < -0.4 is 10.6 Å². The molecule has 0 aliphatic rings. The molecule has 0 bridgehead atoms. The lowest BCUT2D eigenvalue weighted by atomic mass is 10.0. The highest BCUT2D eigenvalue weighted by Crippen LogP contribution is 2.16. The number of hydrogen-bond acceptors (Lipinski definition) is 3. The predicted molar refractivity (Wildman–Crippen MR) is 104 cm³/mol. The molecule has 144 valence electrons. The molecular weight excluding hydrogens is 344 g/mol. The summed E-state index contributed by atoms with van der Waals surface area (Å²) in [6.07, 6.45) is 0.173. The Labute approximate surface area is 159 Å². The molecule has 6 nitrogen and oxygen atoms in total. The molecule has 0 aliphatic carbocycles. The second-order valence-corrected chi connectivity index (χ2v) is 7.13. The number of carbonyl (C=O) groups is 3. The summed E-state index contributed by atoms with van der Waals surface area (Å²) in [7, 11) is 0. The summed E-state index contributed by atoms with van der Waals surface area (Å²) in [6.45, 7) is 5.21. The van der Waals surface area contributed by atoms with E-state index in [1.165, 1.54) is 6.92 Å². The van der Waals surface area contributed by atoms with Crippen LogP contribution in [0.3, 0.4) is 0 Å². The van der Waals surface area contributed by atoms with Crippen molar-refractivity contribution in [3.63, 3.8) is 0 Å². The van der Waals surface area contributed by atoms with E-state index < -0.39 is 17.9 Å². The molecule has 3 N–H and O–H groups in total. The number of benzene rings is 2. The summed E-state index contributed by atoms with van der Waals surface area (Å²) >= 11 is 0. The van der Waals surface area contributed by atoms with Gasteiger partial charge < -0.3 is 15.7 Å². The third-order valence-corrected chi connectivity index (χ3v) is 4.45. The second kappa shape index (κ2) is 9.16. The minimum absolute atomic E-state index is 0.0257. The van der Waals surface area contributed by atoms with Crippen molar-refractivity contribution in [2.45, 2.75) is 33.2 Å². The van der Waals surface area contributed by atoms with Crippen molar-refractivity contribution < 1.29 is 19.5 Å². The highest BCUT2D eigenvalue weighted by Gasteiger charge is 2.25. The summed E-state index contributed by atoms with van der Waals surface area (Å²) in [5, 5.41) is 16.4. The lowest BCUT2D eigenvalue weighted by Crippen LogP contribution is -2.51. The Balaban J connectivity index is 1.98. The number of nitrogens with one attached hydrogen (secondary N) is 2. The lowest BCUT2D eigenvalue weighted by molar-refractivity contribution is -0.141. The van der Waals surface area contributed by atoms with E-state index in [1.807, 2.05) is 56.3 Å². The molecule has 2 amide bonds. The minimum atomic E-state index is -0.975. The van der Waals surface area contributed by atoms with Gasteiger partial charge in [0.1, 0.15) is 6.04 Å². The number of hydrogen-bond donors (Lipinski definition) is 3. The van der Waals surface area contributed by atoms with Crippen LogP contribution in [-0.2, 0) is 20.8 Å². The van der Waals surface area contributed by atoms with Crippen LogP contribution in [0.4, 0.5) is 0 Å². The van der Waals surface area contributed by atoms with Gasteiger partial charge in [0, 0.05) is 6.54 Å². The zero-order valence-corrected chi connectivity index (χ0v) is 15.9. The van der Waals surface area contributed by atoms with E-state index in [4.69, 9.17) is 5.11 Å². The minimum Gasteiger partial charge on any atom is -0.481 e. The number of aliphatic carboxylic acids is 1. The molecule has 2 aromatic carbocycles. The molecule has 0 aromatic heterocycles. The summed E-state index contributed by atoms with van der Waals surface area (Å²) in [4.78, 5) is 35.7. The van der Waals surface area contributed by atoms with Crippen molar-refractivity contribution >= 4 is 28.6 Å². The van der Waals surface area contributed by atoms with E-state index in [0.29, 0.717) is 0 Å². The summed E-state index contributed by atoms with van der Waals surface area (Å²) < 4.78 is 0. The molecule has 6 heteroatoms. The first-order valence-electron chi connectivity index (χ1n) is 9.05. The first-order valence-corrected chi connectivity index (χ1v) is 9.05. The van der Waals surface area contributed by atoms with Crippen LogP contribution in [0, 0.1) is 11.8 Å². The normalized spacial score (nSPS) is 13.2. The van der Waals surface area contributed by atoms with Gasteiger partial charge in [-0.05, 0) is 22.3 Å². The molecule has 0 saturated carbocycles. The van der Waals surface area contributed by atoms with Gasteiger partial charge in [-0.3, -0.25) is 14.4 Å². The fraction of sp³-hybridized carbons (Fsp3) is 0.381. The van der Waals surface area contributed by atoms with E-state index in [1.54, 1.807) is 0 Å². The SMILES string of the molecule is CC(CNC(=O)C(NC(=O)Cc1ccc2ccccc2c1)C(C)C)C(=O)O. The molecular formula is C21H26N2O4. The zero-order valence-electron chi connectivity index (χ0n) is 15.9. The molecule has 0 heterocycles. The van der Waals surface area contributed by atoms with Crippen LogP contribution in [0.5, 0.6) is 0 Å². The number of carbonyl (C=O) groups excluding carboxylic acids is 2. The van der Waals surface area contributed by atoms with Crippen LogP contribution in [0.2, 0.25) is 0 Å². The smallest absolute Gasteiger partial charge is 0.308 e. The number of fused-ring (bicyclic) bond motifs is 1. The molecule has 2 rings (SSSR count). The van der Waals surface area contributed by atoms with Crippen LogP contribution in [-0.4, -0.2) is 35.5 Å². The van der Waals surface area contributed by atoms with Crippen molar-refractivity contribution in [2.75, 3.05) is 6.54 Å². The molecule has 0 saturated heterocycles. The lowest BCUT2D eigenvalue weighted by Gasteiger charge is -2.22. The van der Waals surface area contributed by atoms with Crippen molar-refractivity contribution in [3.8, 4) is 0 Å². The topological polar surface area (TPSA) is 95.5 Å². The molecule has 2 atom stereocenters. The number of amides is 2. The third kappa shape index (κ3) is 5.81. The number of rotatable bonds is 8. The van der Waals surface area contributed by atoms with Gasteiger partial charge in [-0.15, -0.1) is 0 Å². The fourth-order valence-electron chi connectivity index (χ4n) is 2.74. The second-order valence-electron chi connectivity index (χ2n) is 7.13. The van der Waals surface area contributed by atoms with Crippen LogP contribution in [0.25, 0.3) is 10.8 Å². The quantitative estimate of drug-likeness (QED) is 0.665. The Hall–Kier alpha value is -2.89. The van der Waals surface area contributed by atoms with Gasteiger partial charge in [-0.25, -0.2) is 0 Å². The van der Waals surface area contributed by atoms with E-state index in [2.05, 4.69) is 10.6 Å². The fourth-order valence-corrected chi connectivity index (χ4v) is 2.74. The monoisotopic (exact) mass is 370 g/mol. The molecule has 27 heavy (non-hydrogen) atoms. The van der Waals surface area contributed by atoms with Gasteiger partial charge in [0.15, 0.2) is 0 Å².